The monoisotopic (exact) mass is 438 g/mol. The lowest BCUT2D eigenvalue weighted by Crippen LogP contribution is -2.48. The lowest BCUT2D eigenvalue weighted by atomic mass is 10.3. The summed E-state index contributed by atoms with van der Waals surface area (Å²) >= 11 is 0. The largest absolute Gasteiger partial charge is 0.394 e. The van der Waals surface area contributed by atoms with Crippen LogP contribution in [-0.4, -0.2) is 152 Å². The third-order valence-corrected chi connectivity index (χ3v) is 4.53. The second-order valence-electron chi connectivity index (χ2n) is 6.80. The van der Waals surface area contributed by atoms with Gasteiger partial charge in [0.1, 0.15) is 0 Å². The third-order valence-electron chi connectivity index (χ3n) is 4.53. The zero-order valence-corrected chi connectivity index (χ0v) is 18.4. The highest BCUT2D eigenvalue weighted by molar-refractivity contribution is 4.71. The first-order chi connectivity index (χ1) is 14.9. The molecule has 10 heteroatoms. The van der Waals surface area contributed by atoms with Crippen molar-refractivity contribution in [1.29, 1.82) is 0 Å². The minimum absolute atomic E-state index is 0.0465. The van der Waals surface area contributed by atoms with Crippen LogP contribution in [0, 0.1) is 0 Å². The highest BCUT2D eigenvalue weighted by atomic mass is 16.6. The van der Waals surface area contributed by atoms with Gasteiger partial charge in [-0.05, 0) is 0 Å². The molecular weight excluding hydrogens is 396 g/mol. The number of rotatable bonds is 22. The van der Waals surface area contributed by atoms with Crippen LogP contribution in [0.1, 0.15) is 0 Å². The van der Waals surface area contributed by atoms with Crippen LogP contribution in [0.4, 0.5) is 0 Å². The van der Waals surface area contributed by atoms with Crippen molar-refractivity contribution < 1.29 is 38.6 Å². The number of nitrogens with zero attached hydrogens (tertiary/aromatic N) is 2. The van der Waals surface area contributed by atoms with Crippen LogP contribution in [0.2, 0.25) is 0 Å². The first kappa shape index (κ1) is 27.6. The molecule has 0 saturated carbocycles. The summed E-state index contributed by atoms with van der Waals surface area (Å²) in [6.45, 7) is 12.8. The Hall–Kier alpha value is -0.400. The predicted octanol–water partition coefficient (Wildman–Crippen LogP) is -1.31. The highest BCUT2D eigenvalue weighted by Crippen LogP contribution is 2.01. The molecule has 1 aliphatic heterocycles. The van der Waals surface area contributed by atoms with Crippen molar-refractivity contribution in [1.82, 2.24) is 9.80 Å². The maximum absolute atomic E-state index is 8.58. The fraction of sp³-hybridized carbons (Fsp3) is 1.00. The molecule has 1 fully saturated rings. The van der Waals surface area contributed by atoms with E-state index in [1.165, 1.54) is 0 Å². The van der Waals surface area contributed by atoms with E-state index in [0.717, 1.165) is 52.5 Å². The Balaban J connectivity index is 1.80. The molecule has 1 heterocycles. The van der Waals surface area contributed by atoms with E-state index in [-0.39, 0.29) is 13.2 Å². The fourth-order valence-corrected chi connectivity index (χ4v) is 2.84. The van der Waals surface area contributed by atoms with Gasteiger partial charge < -0.3 is 38.6 Å². The van der Waals surface area contributed by atoms with Crippen molar-refractivity contribution in [2.45, 2.75) is 0 Å². The number of piperazine rings is 1. The number of aliphatic hydroxyl groups excluding tert-OH is 2. The van der Waals surface area contributed by atoms with Gasteiger partial charge in [-0.25, -0.2) is 0 Å². The standard InChI is InChI=1S/C20H42N2O8/c23-7-11-27-15-19-29-17-13-25-9-5-21-1-2-22(4-3-21)6-10-26-14-18-30-20-16-28-12-8-24/h23-24H,1-20H2. The van der Waals surface area contributed by atoms with Gasteiger partial charge in [-0.15, -0.1) is 0 Å². The zero-order valence-electron chi connectivity index (χ0n) is 18.4. The van der Waals surface area contributed by atoms with Crippen molar-refractivity contribution in [2.75, 3.05) is 132 Å². The molecule has 0 spiro atoms. The van der Waals surface area contributed by atoms with Gasteiger partial charge in [-0.1, -0.05) is 0 Å². The summed E-state index contributed by atoms with van der Waals surface area (Å²) in [6.07, 6.45) is 0. The minimum atomic E-state index is 0.0465. The molecule has 2 N–H and O–H groups in total. The van der Waals surface area contributed by atoms with E-state index in [9.17, 15) is 0 Å². The molecule has 0 aromatic carbocycles. The van der Waals surface area contributed by atoms with E-state index >= 15 is 0 Å². The van der Waals surface area contributed by atoms with Gasteiger partial charge in [-0.2, -0.15) is 0 Å². The molecule has 1 aliphatic rings. The zero-order chi connectivity index (χ0) is 21.5. The van der Waals surface area contributed by atoms with Crippen LogP contribution in [0.3, 0.4) is 0 Å². The van der Waals surface area contributed by atoms with E-state index in [0.29, 0.717) is 66.1 Å². The molecule has 0 unspecified atom stereocenters. The lowest BCUT2D eigenvalue weighted by Gasteiger charge is -2.34. The smallest absolute Gasteiger partial charge is 0.0701 e. The van der Waals surface area contributed by atoms with Crippen molar-refractivity contribution in [3.05, 3.63) is 0 Å². The Morgan fingerprint density at radius 1 is 0.400 bits per heavy atom. The molecule has 0 radical (unpaired) electrons. The van der Waals surface area contributed by atoms with Gasteiger partial charge in [0.15, 0.2) is 0 Å². The first-order valence-electron chi connectivity index (χ1n) is 11.0. The van der Waals surface area contributed by atoms with Crippen LogP contribution in [-0.2, 0) is 28.4 Å². The van der Waals surface area contributed by atoms with Gasteiger partial charge in [-0.3, -0.25) is 9.80 Å². The number of hydrogen-bond donors (Lipinski definition) is 2. The molecular formula is C20H42N2O8. The van der Waals surface area contributed by atoms with E-state index in [2.05, 4.69) is 9.80 Å². The van der Waals surface area contributed by atoms with Crippen molar-refractivity contribution in [3.63, 3.8) is 0 Å². The van der Waals surface area contributed by atoms with E-state index in [1.807, 2.05) is 0 Å². The van der Waals surface area contributed by atoms with Gasteiger partial charge in [0, 0.05) is 39.3 Å². The van der Waals surface area contributed by atoms with Gasteiger partial charge in [0.2, 0.25) is 0 Å². The summed E-state index contributed by atoms with van der Waals surface area (Å²) in [5.74, 6) is 0. The maximum Gasteiger partial charge on any atom is 0.0701 e. The van der Waals surface area contributed by atoms with E-state index in [1.54, 1.807) is 0 Å². The predicted molar refractivity (Wildman–Crippen MR) is 112 cm³/mol. The third kappa shape index (κ3) is 17.3. The molecule has 10 nitrogen and oxygen atoms in total. The average molecular weight is 439 g/mol. The Morgan fingerprint density at radius 3 is 0.967 bits per heavy atom. The van der Waals surface area contributed by atoms with Crippen LogP contribution >= 0.6 is 0 Å². The van der Waals surface area contributed by atoms with Gasteiger partial charge in [0.05, 0.1) is 92.5 Å². The molecule has 0 bridgehead atoms. The van der Waals surface area contributed by atoms with E-state index in [4.69, 9.17) is 38.6 Å². The van der Waals surface area contributed by atoms with Crippen LogP contribution in [0.15, 0.2) is 0 Å². The fourth-order valence-electron chi connectivity index (χ4n) is 2.84. The lowest BCUT2D eigenvalue weighted by molar-refractivity contribution is -0.00197. The Bertz CT molecular complexity index is 315. The summed E-state index contributed by atoms with van der Waals surface area (Å²) in [5, 5.41) is 17.2. The SMILES string of the molecule is OCCOCCOCCOCCN1CCN(CCOCCOCCOCCO)CC1. The van der Waals surface area contributed by atoms with Crippen LogP contribution in [0.5, 0.6) is 0 Å². The molecule has 0 aromatic rings. The number of aliphatic hydroxyl groups is 2. The molecule has 30 heavy (non-hydrogen) atoms. The topological polar surface area (TPSA) is 102 Å². The van der Waals surface area contributed by atoms with Crippen LogP contribution in [0.25, 0.3) is 0 Å². The summed E-state index contributed by atoms with van der Waals surface area (Å²) in [6, 6.07) is 0. The summed E-state index contributed by atoms with van der Waals surface area (Å²) in [5.41, 5.74) is 0. The van der Waals surface area contributed by atoms with Gasteiger partial charge >= 0.3 is 0 Å². The van der Waals surface area contributed by atoms with Crippen molar-refractivity contribution in [2.24, 2.45) is 0 Å². The van der Waals surface area contributed by atoms with E-state index < -0.39 is 0 Å². The second kappa shape index (κ2) is 21.8. The molecule has 1 saturated heterocycles. The molecule has 0 amide bonds. The first-order valence-corrected chi connectivity index (χ1v) is 11.0. The highest BCUT2D eigenvalue weighted by Gasteiger charge is 2.16. The molecule has 1 rings (SSSR count). The normalized spacial score (nSPS) is 15.8. The summed E-state index contributed by atoms with van der Waals surface area (Å²) in [7, 11) is 0. The molecule has 0 aromatic heterocycles. The Morgan fingerprint density at radius 2 is 0.667 bits per heavy atom. The van der Waals surface area contributed by atoms with Crippen molar-refractivity contribution in [3.8, 4) is 0 Å². The summed E-state index contributed by atoms with van der Waals surface area (Å²) in [4.78, 5) is 4.85. The van der Waals surface area contributed by atoms with Crippen molar-refractivity contribution >= 4 is 0 Å². The Labute approximate surface area is 180 Å². The number of hydrogen-bond acceptors (Lipinski definition) is 10. The maximum atomic E-state index is 8.58. The Kier molecular flexibility index (Phi) is 20.1. The van der Waals surface area contributed by atoms with Crippen LogP contribution < -0.4 is 0 Å². The second-order valence-corrected chi connectivity index (χ2v) is 6.80. The molecule has 0 atom stereocenters. The molecule has 180 valence electrons. The van der Waals surface area contributed by atoms with Gasteiger partial charge in [0.25, 0.3) is 0 Å². The molecule has 0 aliphatic carbocycles. The summed E-state index contributed by atoms with van der Waals surface area (Å²) < 4.78 is 32.2. The quantitative estimate of drug-likeness (QED) is 0.198. The minimum Gasteiger partial charge on any atom is -0.394 e. The number of ether oxygens (including phenoxy) is 6. The average Bonchev–Trinajstić information content (AvgIpc) is 2.77.